The van der Waals surface area contributed by atoms with Crippen molar-refractivity contribution in [1.29, 1.82) is 0 Å². The molecule has 30 heavy (non-hydrogen) atoms. The highest BCUT2D eigenvalue weighted by Gasteiger charge is 2.38. The van der Waals surface area contributed by atoms with Crippen LogP contribution in [-0.4, -0.2) is 33.7 Å². The number of alkyl halides is 6. The van der Waals surface area contributed by atoms with Gasteiger partial charge in [-0.05, 0) is 43.4 Å². The number of nitrogens with zero attached hydrogens (tertiary/aromatic N) is 2. The highest BCUT2D eigenvalue weighted by Crippen LogP contribution is 2.31. The molecule has 5 nitrogen and oxygen atoms in total. The summed E-state index contributed by atoms with van der Waals surface area (Å²) in [5.74, 6) is -3.14. The van der Waals surface area contributed by atoms with Gasteiger partial charge in [0.2, 0.25) is 0 Å². The van der Waals surface area contributed by atoms with E-state index in [1.54, 1.807) is 19.2 Å². The van der Waals surface area contributed by atoms with Crippen LogP contribution in [0.1, 0.15) is 11.3 Å². The van der Waals surface area contributed by atoms with Gasteiger partial charge in [0, 0.05) is 18.3 Å². The Bertz CT molecular complexity index is 1030. The molecule has 2 heterocycles. The summed E-state index contributed by atoms with van der Waals surface area (Å²) < 4.78 is 85.0. The summed E-state index contributed by atoms with van der Waals surface area (Å²) in [6.45, 7) is 0.329. The summed E-state index contributed by atoms with van der Waals surface area (Å²) in [6.07, 6.45) is -8.48. The maximum atomic E-state index is 13.1. The van der Waals surface area contributed by atoms with Crippen LogP contribution in [-0.2, 0) is 17.5 Å². The van der Waals surface area contributed by atoms with Crippen molar-refractivity contribution in [2.45, 2.75) is 18.9 Å². The van der Waals surface area contributed by atoms with Gasteiger partial charge in [-0.25, -0.2) is 14.2 Å². The molecule has 3 rings (SSSR count). The molecule has 0 bridgehead atoms. The Hall–Kier alpha value is -3.15. The number of benzene rings is 1. The zero-order valence-corrected chi connectivity index (χ0v) is 15.1. The molecule has 0 spiro atoms. The van der Waals surface area contributed by atoms with Gasteiger partial charge in [-0.3, -0.25) is 0 Å². The molecule has 12 heteroatoms. The first-order valence-electron chi connectivity index (χ1n) is 8.13. The quantitative estimate of drug-likeness (QED) is 0.592. The molecule has 0 amide bonds. The highest BCUT2D eigenvalue weighted by atomic mass is 19.4. The number of fused-ring (bicyclic) bond motifs is 1. The zero-order chi connectivity index (χ0) is 22.7. The number of rotatable bonds is 3. The van der Waals surface area contributed by atoms with Crippen LogP contribution in [0.3, 0.4) is 0 Å². The molecule has 0 aliphatic heterocycles. The van der Waals surface area contributed by atoms with Crippen molar-refractivity contribution in [2.24, 2.45) is 0 Å². The summed E-state index contributed by atoms with van der Waals surface area (Å²) >= 11 is 0. The fourth-order valence-corrected chi connectivity index (χ4v) is 2.44. The van der Waals surface area contributed by atoms with Gasteiger partial charge in [0.25, 0.3) is 0 Å². The Labute approximate surface area is 164 Å². The van der Waals surface area contributed by atoms with E-state index in [2.05, 4.69) is 10.3 Å². The van der Waals surface area contributed by atoms with Gasteiger partial charge >= 0.3 is 18.3 Å². The van der Waals surface area contributed by atoms with Crippen LogP contribution >= 0.6 is 0 Å². The minimum atomic E-state index is -5.08. The van der Waals surface area contributed by atoms with Gasteiger partial charge in [-0.15, -0.1) is 0 Å². The Morgan fingerprint density at radius 1 is 1.07 bits per heavy atom. The predicted octanol–water partition coefficient (Wildman–Crippen LogP) is 4.51. The monoisotopic (exact) mass is 437 g/mol. The second-order valence-corrected chi connectivity index (χ2v) is 5.89. The molecule has 2 aromatic heterocycles. The number of aromatic nitrogens is 2. The lowest BCUT2D eigenvalue weighted by Gasteiger charge is -2.09. The summed E-state index contributed by atoms with van der Waals surface area (Å²) in [5.41, 5.74) is 1.42. The van der Waals surface area contributed by atoms with Crippen LogP contribution in [0.2, 0.25) is 0 Å². The fourth-order valence-electron chi connectivity index (χ4n) is 2.44. The molecule has 0 aliphatic rings. The summed E-state index contributed by atoms with van der Waals surface area (Å²) in [7, 11) is 1.70. The largest absolute Gasteiger partial charge is 0.490 e. The third kappa shape index (κ3) is 5.47. The fraction of sp³-hybridized carbons (Fsp3) is 0.222. The molecule has 2 N–H and O–H groups in total. The van der Waals surface area contributed by atoms with Crippen LogP contribution in [0.25, 0.3) is 16.9 Å². The van der Waals surface area contributed by atoms with E-state index in [0.29, 0.717) is 29.1 Å². The first-order chi connectivity index (χ1) is 13.8. The maximum absolute atomic E-state index is 13.1. The Balaban J connectivity index is 0.000000396. The summed E-state index contributed by atoms with van der Waals surface area (Å²) in [4.78, 5) is 13.3. The Morgan fingerprint density at radius 2 is 1.63 bits per heavy atom. The average Bonchev–Trinajstić information content (AvgIpc) is 2.99. The highest BCUT2D eigenvalue weighted by molar-refractivity contribution is 5.73. The van der Waals surface area contributed by atoms with Gasteiger partial charge in [-0.1, -0.05) is 0 Å². The van der Waals surface area contributed by atoms with Crippen LogP contribution in [0.5, 0.6) is 0 Å². The smallest absolute Gasteiger partial charge is 0.475 e. The molecule has 0 saturated heterocycles. The van der Waals surface area contributed by atoms with Gasteiger partial charge in [0.1, 0.15) is 11.5 Å². The molecule has 0 atom stereocenters. The van der Waals surface area contributed by atoms with Crippen LogP contribution in [0.4, 0.5) is 30.7 Å². The van der Waals surface area contributed by atoms with Gasteiger partial charge in [-0.2, -0.15) is 26.3 Å². The minimum absolute atomic E-state index is 0.329. The van der Waals surface area contributed by atoms with Gasteiger partial charge in [0.15, 0.2) is 0 Å². The Kier molecular flexibility index (Phi) is 6.70. The number of hydrogen-bond donors (Lipinski definition) is 2. The van der Waals surface area contributed by atoms with Crippen LogP contribution in [0.15, 0.2) is 42.6 Å². The first kappa shape index (κ1) is 23.1. The molecule has 0 aliphatic carbocycles. The van der Waals surface area contributed by atoms with E-state index in [9.17, 15) is 30.7 Å². The van der Waals surface area contributed by atoms with Crippen molar-refractivity contribution >= 4 is 11.6 Å². The van der Waals surface area contributed by atoms with Crippen molar-refractivity contribution in [1.82, 2.24) is 14.7 Å². The number of hydrogen-bond acceptors (Lipinski definition) is 3. The van der Waals surface area contributed by atoms with Crippen molar-refractivity contribution in [3.63, 3.8) is 0 Å². The molecular formula is C18H14F7N3O2. The molecule has 162 valence electrons. The number of aliphatic carboxylic acids is 1. The molecule has 0 saturated carbocycles. The number of pyridine rings is 1. The lowest BCUT2D eigenvalue weighted by Crippen LogP contribution is -2.21. The zero-order valence-electron chi connectivity index (χ0n) is 15.1. The van der Waals surface area contributed by atoms with E-state index in [-0.39, 0.29) is 5.82 Å². The number of carboxylic acid groups (broad SMARTS) is 1. The lowest BCUT2D eigenvalue weighted by molar-refractivity contribution is -0.192. The van der Waals surface area contributed by atoms with E-state index in [4.69, 9.17) is 9.90 Å². The molecule has 1 aromatic carbocycles. The number of carbonyl (C=O) groups is 1. The molecule has 0 unspecified atom stereocenters. The van der Waals surface area contributed by atoms with E-state index >= 15 is 0 Å². The number of halogens is 7. The average molecular weight is 437 g/mol. The maximum Gasteiger partial charge on any atom is 0.490 e. The number of carboxylic acids is 1. The van der Waals surface area contributed by atoms with E-state index in [0.717, 1.165) is 12.3 Å². The van der Waals surface area contributed by atoms with Crippen LogP contribution < -0.4 is 5.32 Å². The van der Waals surface area contributed by atoms with Gasteiger partial charge in [0.05, 0.1) is 17.0 Å². The second-order valence-electron chi connectivity index (χ2n) is 5.89. The minimum Gasteiger partial charge on any atom is -0.475 e. The predicted molar refractivity (Wildman–Crippen MR) is 92.0 cm³/mol. The third-order valence-electron chi connectivity index (χ3n) is 3.75. The summed E-state index contributed by atoms with van der Waals surface area (Å²) in [5, 5.41) is 10.1. The van der Waals surface area contributed by atoms with E-state index in [1.807, 2.05) is 0 Å². The molecule has 3 aromatic rings. The van der Waals surface area contributed by atoms with Crippen LogP contribution in [0, 0.1) is 5.82 Å². The van der Waals surface area contributed by atoms with Crippen molar-refractivity contribution in [3.05, 3.63) is 59.7 Å². The molecule has 0 radical (unpaired) electrons. The van der Waals surface area contributed by atoms with E-state index < -0.39 is 23.9 Å². The molecular weight excluding hydrogens is 423 g/mol. The van der Waals surface area contributed by atoms with Gasteiger partial charge < -0.3 is 14.8 Å². The first-order valence-corrected chi connectivity index (χ1v) is 8.13. The van der Waals surface area contributed by atoms with Crippen molar-refractivity contribution < 1.29 is 40.6 Å². The Morgan fingerprint density at radius 3 is 2.10 bits per heavy atom. The topological polar surface area (TPSA) is 66.6 Å². The standard InChI is InChI=1S/C16H13F4N3.C2HF3O2/c1-21-8-13-15(10-2-5-12(17)6-3-10)22-14-7-4-11(9-23(13)14)16(18,19)20;3-2(4,5)1(6)7/h2-7,9,21H,8H2,1H3;(H,6,7). The van der Waals surface area contributed by atoms with Crippen molar-refractivity contribution in [2.75, 3.05) is 7.05 Å². The molecule has 0 fully saturated rings. The van der Waals surface area contributed by atoms with Crippen molar-refractivity contribution in [3.8, 4) is 11.3 Å². The normalized spacial score (nSPS) is 11.9. The third-order valence-corrected chi connectivity index (χ3v) is 3.75. The number of nitrogens with one attached hydrogen (secondary N) is 1. The second kappa shape index (κ2) is 8.69. The SMILES string of the molecule is CNCc1c(-c2ccc(F)cc2)nc2ccc(C(F)(F)F)cn12.O=C(O)C(F)(F)F. The summed E-state index contributed by atoms with van der Waals surface area (Å²) in [6, 6.07) is 8.03. The van der Waals surface area contributed by atoms with E-state index in [1.165, 1.54) is 22.6 Å². The number of imidazole rings is 1. The lowest BCUT2D eigenvalue weighted by atomic mass is 10.1.